The summed E-state index contributed by atoms with van der Waals surface area (Å²) in [5.41, 5.74) is 0.863. The number of hydrogen-bond acceptors (Lipinski definition) is 3. The van der Waals surface area contributed by atoms with Crippen molar-refractivity contribution in [1.29, 1.82) is 0 Å². The molecule has 0 amide bonds. The summed E-state index contributed by atoms with van der Waals surface area (Å²) < 4.78 is 37.7. The van der Waals surface area contributed by atoms with E-state index >= 15 is 0 Å². The normalized spacial score (nSPS) is 13.1. The van der Waals surface area contributed by atoms with Crippen molar-refractivity contribution in [2.24, 2.45) is 0 Å². The Balaban J connectivity index is 2.18. The topological polar surface area (TPSA) is 37.8 Å². The summed E-state index contributed by atoms with van der Waals surface area (Å²) in [6.07, 6.45) is 0.572. The second-order valence-electron chi connectivity index (χ2n) is 4.65. The van der Waals surface area contributed by atoms with Crippen molar-refractivity contribution in [2.45, 2.75) is 25.6 Å². The molecule has 6 heteroatoms. The maximum absolute atomic E-state index is 12.6. The molecular weight excluding hydrogens is 279 g/mol. The third-order valence-electron chi connectivity index (χ3n) is 3.08. The van der Waals surface area contributed by atoms with Gasteiger partial charge in [-0.25, -0.2) is 0 Å². The minimum atomic E-state index is -4.36. The Morgan fingerprint density at radius 2 is 2.00 bits per heavy atom. The van der Waals surface area contributed by atoms with Crippen LogP contribution in [0.1, 0.15) is 29.8 Å². The van der Waals surface area contributed by atoms with Gasteiger partial charge in [0.2, 0.25) is 0 Å². The summed E-state index contributed by atoms with van der Waals surface area (Å²) in [4.78, 5) is 8.00. The second kappa shape index (κ2) is 6.67. The number of nitrogens with zero attached hydrogens (tertiary/aromatic N) is 2. The smallest absolute Gasteiger partial charge is 0.309 e. The van der Waals surface area contributed by atoms with Crippen molar-refractivity contribution in [2.75, 3.05) is 6.54 Å². The lowest BCUT2D eigenvalue weighted by Crippen LogP contribution is -2.24. The van der Waals surface area contributed by atoms with E-state index in [-0.39, 0.29) is 6.04 Å². The Morgan fingerprint density at radius 3 is 2.52 bits per heavy atom. The maximum Gasteiger partial charge on any atom is 0.417 e. The molecule has 2 heterocycles. The van der Waals surface area contributed by atoms with Crippen LogP contribution in [0.2, 0.25) is 0 Å². The van der Waals surface area contributed by atoms with Crippen LogP contribution in [0.4, 0.5) is 13.2 Å². The van der Waals surface area contributed by atoms with E-state index in [0.29, 0.717) is 18.7 Å². The van der Waals surface area contributed by atoms with Gasteiger partial charge in [0.05, 0.1) is 17.3 Å². The largest absolute Gasteiger partial charge is 0.417 e. The van der Waals surface area contributed by atoms with Crippen molar-refractivity contribution in [3.63, 3.8) is 0 Å². The molecule has 0 bridgehead atoms. The molecule has 0 aliphatic carbocycles. The van der Waals surface area contributed by atoms with Crippen LogP contribution in [0.15, 0.2) is 42.9 Å². The first-order valence-corrected chi connectivity index (χ1v) is 6.66. The highest BCUT2D eigenvalue weighted by Gasteiger charge is 2.30. The van der Waals surface area contributed by atoms with E-state index in [4.69, 9.17) is 0 Å². The average molecular weight is 295 g/mol. The van der Waals surface area contributed by atoms with E-state index in [1.54, 1.807) is 12.4 Å². The maximum atomic E-state index is 12.6. The summed E-state index contributed by atoms with van der Waals surface area (Å²) in [7, 11) is 0. The van der Waals surface area contributed by atoms with Crippen LogP contribution >= 0.6 is 0 Å². The molecule has 1 atom stereocenters. The van der Waals surface area contributed by atoms with Gasteiger partial charge in [-0.2, -0.15) is 13.2 Å². The Kier molecular flexibility index (Phi) is 4.90. The molecule has 0 aliphatic rings. The average Bonchev–Trinajstić information content (AvgIpc) is 2.47. The predicted octanol–water partition coefficient (Wildman–Crippen LogP) is 3.39. The number of likely N-dealkylation sites (N-methyl/N-ethyl adjacent to an activating group) is 1. The van der Waals surface area contributed by atoms with Crippen molar-refractivity contribution in [3.8, 4) is 0 Å². The highest BCUT2D eigenvalue weighted by atomic mass is 19.4. The first-order chi connectivity index (χ1) is 10.0. The molecule has 0 fully saturated rings. The van der Waals surface area contributed by atoms with Crippen molar-refractivity contribution >= 4 is 0 Å². The molecule has 1 unspecified atom stereocenters. The summed E-state index contributed by atoms with van der Waals surface area (Å²) >= 11 is 0. The van der Waals surface area contributed by atoms with Gasteiger partial charge in [0, 0.05) is 18.6 Å². The summed E-state index contributed by atoms with van der Waals surface area (Å²) in [6.45, 7) is 2.65. The molecule has 21 heavy (non-hydrogen) atoms. The number of alkyl halides is 3. The summed E-state index contributed by atoms with van der Waals surface area (Å²) in [5.74, 6) is 0. The minimum absolute atomic E-state index is 0.138. The zero-order chi connectivity index (χ0) is 15.3. The van der Waals surface area contributed by atoms with Gasteiger partial charge < -0.3 is 5.32 Å². The highest BCUT2D eigenvalue weighted by Crippen LogP contribution is 2.29. The fourth-order valence-electron chi connectivity index (χ4n) is 2.06. The van der Waals surface area contributed by atoms with E-state index < -0.39 is 11.7 Å². The van der Waals surface area contributed by atoms with E-state index in [1.165, 1.54) is 6.07 Å². The lowest BCUT2D eigenvalue weighted by Gasteiger charge is -2.18. The van der Waals surface area contributed by atoms with Crippen LogP contribution in [-0.4, -0.2) is 16.5 Å². The Bertz CT molecular complexity index is 553. The molecule has 0 spiro atoms. The van der Waals surface area contributed by atoms with E-state index in [2.05, 4.69) is 15.3 Å². The van der Waals surface area contributed by atoms with Crippen molar-refractivity contribution in [1.82, 2.24) is 15.3 Å². The molecular formula is C15H16F3N3. The first kappa shape index (κ1) is 15.4. The van der Waals surface area contributed by atoms with Gasteiger partial charge >= 0.3 is 6.18 Å². The SMILES string of the molecule is CCNC(Cc1cccnc1)c1ccc(C(F)(F)F)cn1. The third-order valence-corrected chi connectivity index (χ3v) is 3.08. The van der Waals surface area contributed by atoms with Gasteiger partial charge in [-0.3, -0.25) is 9.97 Å². The Labute approximate surface area is 121 Å². The molecule has 2 aromatic heterocycles. The van der Waals surface area contributed by atoms with Crippen LogP contribution in [0.3, 0.4) is 0 Å². The van der Waals surface area contributed by atoms with Crippen LogP contribution in [-0.2, 0) is 12.6 Å². The number of rotatable bonds is 5. The van der Waals surface area contributed by atoms with Crippen molar-refractivity contribution < 1.29 is 13.2 Å². The quantitative estimate of drug-likeness (QED) is 0.919. The molecule has 0 aliphatic heterocycles. The van der Waals surface area contributed by atoms with E-state index in [9.17, 15) is 13.2 Å². The number of aromatic nitrogens is 2. The fourth-order valence-corrected chi connectivity index (χ4v) is 2.06. The zero-order valence-corrected chi connectivity index (χ0v) is 11.6. The number of hydrogen-bond donors (Lipinski definition) is 1. The zero-order valence-electron chi connectivity index (χ0n) is 11.6. The molecule has 112 valence electrons. The molecule has 1 N–H and O–H groups in total. The van der Waals surface area contributed by atoms with Crippen LogP contribution in [0.5, 0.6) is 0 Å². The van der Waals surface area contributed by atoms with Crippen molar-refractivity contribution in [3.05, 3.63) is 59.7 Å². The van der Waals surface area contributed by atoms with Gasteiger partial charge in [-0.1, -0.05) is 13.0 Å². The lowest BCUT2D eigenvalue weighted by molar-refractivity contribution is -0.137. The second-order valence-corrected chi connectivity index (χ2v) is 4.65. The minimum Gasteiger partial charge on any atom is -0.309 e. The third kappa shape index (κ3) is 4.26. The highest BCUT2D eigenvalue weighted by molar-refractivity contribution is 5.21. The Hall–Kier alpha value is -1.95. The van der Waals surface area contributed by atoms with E-state index in [0.717, 1.165) is 17.8 Å². The molecule has 0 radical (unpaired) electrons. The monoisotopic (exact) mass is 295 g/mol. The molecule has 0 saturated carbocycles. The standard InChI is InChI=1S/C15H16F3N3/c1-2-20-14(8-11-4-3-7-19-9-11)13-6-5-12(10-21-13)15(16,17)18/h3-7,9-10,14,20H,2,8H2,1H3. The van der Waals surface area contributed by atoms with Gasteiger partial charge in [0.1, 0.15) is 0 Å². The summed E-state index contributed by atoms with van der Waals surface area (Å²) in [6, 6.07) is 6.11. The van der Waals surface area contributed by atoms with Crippen LogP contribution in [0, 0.1) is 0 Å². The summed E-state index contributed by atoms with van der Waals surface area (Å²) in [5, 5.41) is 3.23. The van der Waals surface area contributed by atoms with E-state index in [1.807, 2.05) is 19.1 Å². The lowest BCUT2D eigenvalue weighted by atomic mass is 10.0. The number of nitrogens with one attached hydrogen (secondary N) is 1. The Morgan fingerprint density at radius 1 is 1.19 bits per heavy atom. The molecule has 0 aromatic carbocycles. The van der Waals surface area contributed by atoms with Gasteiger partial charge in [-0.05, 0) is 36.7 Å². The molecule has 2 rings (SSSR count). The number of halogens is 3. The van der Waals surface area contributed by atoms with Crippen LogP contribution in [0.25, 0.3) is 0 Å². The predicted molar refractivity (Wildman–Crippen MR) is 73.6 cm³/mol. The first-order valence-electron chi connectivity index (χ1n) is 6.66. The van der Waals surface area contributed by atoms with Crippen LogP contribution < -0.4 is 5.32 Å². The van der Waals surface area contributed by atoms with Gasteiger partial charge in [0.15, 0.2) is 0 Å². The van der Waals surface area contributed by atoms with Gasteiger partial charge in [0.25, 0.3) is 0 Å². The fraction of sp³-hybridized carbons (Fsp3) is 0.333. The molecule has 0 saturated heterocycles. The number of pyridine rings is 2. The molecule has 2 aromatic rings. The van der Waals surface area contributed by atoms with Gasteiger partial charge in [-0.15, -0.1) is 0 Å². The molecule has 3 nitrogen and oxygen atoms in total.